The maximum absolute atomic E-state index is 11.6. The summed E-state index contributed by atoms with van der Waals surface area (Å²) in [7, 11) is 1.17. The van der Waals surface area contributed by atoms with Crippen LogP contribution in [0.4, 0.5) is 10.5 Å². The number of ether oxygens (including phenoxy) is 3. The number of hydrogen-bond acceptors (Lipinski definition) is 7. The fourth-order valence-corrected chi connectivity index (χ4v) is 1.51. The van der Waals surface area contributed by atoms with Crippen molar-refractivity contribution < 1.29 is 28.7 Å². The van der Waals surface area contributed by atoms with Gasteiger partial charge in [0.25, 0.3) is 5.69 Å². The molecule has 0 aromatic heterocycles. The van der Waals surface area contributed by atoms with Gasteiger partial charge in [-0.25, -0.2) is 9.59 Å². The van der Waals surface area contributed by atoms with Crippen molar-refractivity contribution in [2.24, 2.45) is 0 Å². The molecular weight excluding hydrogens is 308 g/mol. The molecule has 0 heterocycles. The molecule has 126 valence electrons. The monoisotopic (exact) mass is 326 g/mol. The number of methoxy groups -OCH3 is 1. The first-order chi connectivity index (χ1) is 10.6. The van der Waals surface area contributed by atoms with Crippen LogP contribution in [0, 0.1) is 10.1 Å². The molecule has 9 heteroatoms. The van der Waals surface area contributed by atoms with Crippen LogP contribution in [-0.4, -0.2) is 36.4 Å². The van der Waals surface area contributed by atoms with Gasteiger partial charge in [-0.1, -0.05) is 0 Å². The minimum absolute atomic E-state index is 0.00379. The summed E-state index contributed by atoms with van der Waals surface area (Å²) in [6, 6.07) is 3.44. The van der Waals surface area contributed by atoms with Gasteiger partial charge in [0.15, 0.2) is 6.73 Å². The van der Waals surface area contributed by atoms with Gasteiger partial charge < -0.3 is 14.2 Å². The number of benzene rings is 1. The Morgan fingerprint density at radius 1 is 1.30 bits per heavy atom. The minimum atomic E-state index is -0.720. The van der Waals surface area contributed by atoms with Crippen molar-refractivity contribution in [1.29, 1.82) is 0 Å². The van der Waals surface area contributed by atoms with Crippen LogP contribution in [0.25, 0.3) is 0 Å². The molecule has 0 unspecified atom stereocenters. The lowest BCUT2D eigenvalue weighted by atomic mass is 10.2. The Morgan fingerprint density at radius 3 is 2.48 bits per heavy atom. The third-order valence-electron chi connectivity index (χ3n) is 2.42. The highest BCUT2D eigenvalue weighted by atomic mass is 16.6. The van der Waals surface area contributed by atoms with Crippen molar-refractivity contribution in [2.45, 2.75) is 26.4 Å². The quantitative estimate of drug-likeness (QED) is 0.381. The van der Waals surface area contributed by atoms with Gasteiger partial charge in [0.05, 0.1) is 18.1 Å². The predicted octanol–water partition coefficient (Wildman–Crippen LogP) is 2.24. The Hall–Kier alpha value is -2.84. The first kappa shape index (κ1) is 18.2. The van der Waals surface area contributed by atoms with E-state index in [0.29, 0.717) is 0 Å². The second-order valence-electron chi connectivity index (χ2n) is 5.40. The van der Waals surface area contributed by atoms with Crippen LogP contribution in [0.3, 0.4) is 0 Å². The average Bonchev–Trinajstić information content (AvgIpc) is 2.44. The normalized spacial score (nSPS) is 10.6. The van der Waals surface area contributed by atoms with E-state index in [1.165, 1.54) is 13.2 Å². The highest BCUT2D eigenvalue weighted by Crippen LogP contribution is 2.25. The average molecular weight is 326 g/mol. The third-order valence-corrected chi connectivity index (χ3v) is 2.42. The molecule has 1 N–H and O–H groups in total. The Morgan fingerprint density at radius 2 is 1.96 bits per heavy atom. The van der Waals surface area contributed by atoms with Crippen molar-refractivity contribution in [3.8, 4) is 5.75 Å². The van der Waals surface area contributed by atoms with Crippen LogP contribution in [0.2, 0.25) is 0 Å². The van der Waals surface area contributed by atoms with Crippen LogP contribution in [-0.2, 0) is 9.47 Å². The summed E-state index contributed by atoms with van der Waals surface area (Å²) in [5, 5.41) is 13.1. The van der Waals surface area contributed by atoms with E-state index in [1.807, 2.05) is 0 Å². The van der Waals surface area contributed by atoms with Gasteiger partial charge in [0.2, 0.25) is 0 Å². The van der Waals surface area contributed by atoms with E-state index in [1.54, 1.807) is 20.8 Å². The van der Waals surface area contributed by atoms with Gasteiger partial charge in [-0.15, -0.1) is 0 Å². The summed E-state index contributed by atoms with van der Waals surface area (Å²) >= 11 is 0. The summed E-state index contributed by atoms with van der Waals surface area (Å²) in [6.07, 6.45) is -0.720. The van der Waals surface area contributed by atoms with Gasteiger partial charge in [-0.2, -0.15) is 0 Å². The number of hydrogen-bond donors (Lipinski definition) is 1. The zero-order chi connectivity index (χ0) is 17.6. The van der Waals surface area contributed by atoms with E-state index in [4.69, 9.17) is 9.47 Å². The maximum Gasteiger partial charge on any atom is 0.410 e. The predicted molar refractivity (Wildman–Crippen MR) is 79.3 cm³/mol. The second kappa shape index (κ2) is 7.43. The second-order valence-corrected chi connectivity index (χ2v) is 5.40. The van der Waals surface area contributed by atoms with E-state index in [2.05, 4.69) is 10.1 Å². The Bertz CT molecular complexity index is 608. The molecule has 0 saturated heterocycles. The molecule has 0 fully saturated rings. The molecule has 1 rings (SSSR count). The fraction of sp³-hybridized carbons (Fsp3) is 0.429. The highest BCUT2D eigenvalue weighted by Gasteiger charge is 2.19. The SMILES string of the molecule is COC(=O)c1ccc([N+](=O)[O-])cc1OCNC(=O)OC(C)(C)C. The molecule has 0 saturated carbocycles. The summed E-state index contributed by atoms with van der Waals surface area (Å²) in [5.74, 6) is -0.797. The van der Waals surface area contributed by atoms with E-state index in [9.17, 15) is 19.7 Å². The molecule has 0 aliphatic rings. The van der Waals surface area contributed by atoms with Crippen molar-refractivity contribution in [3.63, 3.8) is 0 Å². The number of nitro benzene ring substituents is 1. The van der Waals surface area contributed by atoms with Gasteiger partial charge in [0.1, 0.15) is 16.9 Å². The molecule has 0 radical (unpaired) electrons. The van der Waals surface area contributed by atoms with Gasteiger partial charge in [0, 0.05) is 6.07 Å². The number of carbonyl (C=O) groups is 2. The van der Waals surface area contributed by atoms with Crippen LogP contribution in [0.5, 0.6) is 5.75 Å². The van der Waals surface area contributed by atoms with E-state index < -0.39 is 22.6 Å². The standard InChI is InChI=1S/C14H18N2O7/c1-14(2,3)23-13(18)15-8-22-11-7-9(16(19)20)5-6-10(11)12(17)21-4/h5-7H,8H2,1-4H3,(H,15,18). The zero-order valence-electron chi connectivity index (χ0n) is 13.2. The molecule has 1 aromatic rings. The molecule has 9 nitrogen and oxygen atoms in total. The van der Waals surface area contributed by atoms with Crippen molar-refractivity contribution in [3.05, 3.63) is 33.9 Å². The molecule has 1 aromatic carbocycles. The molecule has 0 spiro atoms. The van der Waals surface area contributed by atoms with Crippen LogP contribution < -0.4 is 10.1 Å². The van der Waals surface area contributed by atoms with Crippen LogP contribution in [0.1, 0.15) is 31.1 Å². The highest BCUT2D eigenvalue weighted by molar-refractivity contribution is 5.92. The lowest BCUT2D eigenvalue weighted by molar-refractivity contribution is -0.384. The minimum Gasteiger partial charge on any atom is -0.472 e. The summed E-state index contributed by atoms with van der Waals surface area (Å²) in [6.45, 7) is 4.76. The first-order valence-corrected chi connectivity index (χ1v) is 6.60. The largest absolute Gasteiger partial charge is 0.472 e. The third kappa shape index (κ3) is 5.81. The Labute approximate surface area is 132 Å². The molecule has 1 amide bonds. The van der Waals surface area contributed by atoms with Gasteiger partial charge in [-0.05, 0) is 26.8 Å². The van der Waals surface area contributed by atoms with E-state index in [0.717, 1.165) is 12.1 Å². The smallest absolute Gasteiger partial charge is 0.410 e. The summed E-state index contributed by atoms with van der Waals surface area (Å²) in [5.41, 5.74) is -0.929. The molecule has 0 aliphatic carbocycles. The maximum atomic E-state index is 11.6. The number of non-ortho nitro benzene ring substituents is 1. The Balaban J connectivity index is 2.81. The molecule has 0 aliphatic heterocycles. The Kier molecular flexibility index (Phi) is 5.88. The molecule has 0 bridgehead atoms. The fourth-order valence-electron chi connectivity index (χ4n) is 1.51. The molecule has 0 atom stereocenters. The van der Waals surface area contributed by atoms with Crippen LogP contribution in [0.15, 0.2) is 18.2 Å². The van der Waals surface area contributed by atoms with E-state index in [-0.39, 0.29) is 23.7 Å². The number of alkyl carbamates (subject to hydrolysis) is 1. The molecular formula is C14H18N2O7. The number of rotatable bonds is 5. The van der Waals surface area contributed by atoms with E-state index >= 15 is 0 Å². The van der Waals surface area contributed by atoms with Gasteiger partial charge in [-0.3, -0.25) is 15.4 Å². The molecule has 23 heavy (non-hydrogen) atoms. The summed E-state index contributed by atoms with van der Waals surface area (Å²) < 4.78 is 14.8. The number of nitro groups is 1. The van der Waals surface area contributed by atoms with Crippen molar-refractivity contribution >= 4 is 17.7 Å². The number of nitrogens with zero attached hydrogens (tertiary/aromatic N) is 1. The number of amides is 1. The topological polar surface area (TPSA) is 117 Å². The van der Waals surface area contributed by atoms with Crippen LogP contribution >= 0.6 is 0 Å². The van der Waals surface area contributed by atoms with Crippen molar-refractivity contribution in [1.82, 2.24) is 5.32 Å². The lowest BCUT2D eigenvalue weighted by Gasteiger charge is -2.19. The lowest BCUT2D eigenvalue weighted by Crippen LogP contribution is -2.34. The van der Waals surface area contributed by atoms with Gasteiger partial charge >= 0.3 is 12.1 Å². The number of carbonyl (C=O) groups excluding carboxylic acids is 2. The first-order valence-electron chi connectivity index (χ1n) is 6.60. The zero-order valence-corrected chi connectivity index (χ0v) is 13.2. The number of esters is 1. The van der Waals surface area contributed by atoms with Crippen molar-refractivity contribution in [2.75, 3.05) is 13.8 Å². The number of nitrogens with one attached hydrogen (secondary N) is 1. The summed E-state index contributed by atoms with van der Waals surface area (Å²) in [4.78, 5) is 33.3.